The highest BCUT2D eigenvalue weighted by molar-refractivity contribution is 5.79. The van der Waals surface area contributed by atoms with E-state index < -0.39 is 0 Å². The molecule has 32 heavy (non-hydrogen) atoms. The summed E-state index contributed by atoms with van der Waals surface area (Å²) in [5.41, 5.74) is 2.44. The SMILES string of the molecule is CN=C(NCc1ccc(OC)c(OC)c1)NCC1CCN(Cc2ccc(OC)cc2)CC1. The van der Waals surface area contributed by atoms with E-state index in [4.69, 9.17) is 14.2 Å². The lowest BCUT2D eigenvalue weighted by molar-refractivity contribution is 0.178. The molecule has 1 aliphatic rings. The van der Waals surface area contributed by atoms with Crippen LogP contribution in [0.5, 0.6) is 17.2 Å². The molecule has 2 N–H and O–H groups in total. The van der Waals surface area contributed by atoms with Crippen molar-refractivity contribution in [3.05, 3.63) is 53.6 Å². The van der Waals surface area contributed by atoms with Crippen LogP contribution in [0.15, 0.2) is 47.5 Å². The van der Waals surface area contributed by atoms with E-state index in [0.717, 1.165) is 55.0 Å². The predicted octanol–water partition coefficient (Wildman–Crippen LogP) is 3.29. The molecule has 3 rings (SSSR count). The number of nitrogens with zero attached hydrogens (tertiary/aromatic N) is 2. The minimum atomic E-state index is 0.654. The summed E-state index contributed by atoms with van der Waals surface area (Å²) in [6, 6.07) is 14.3. The Morgan fingerprint density at radius 3 is 2.22 bits per heavy atom. The van der Waals surface area contributed by atoms with Gasteiger partial charge < -0.3 is 24.8 Å². The van der Waals surface area contributed by atoms with Crippen LogP contribution in [0.1, 0.15) is 24.0 Å². The highest BCUT2D eigenvalue weighted by Crippen LogP contribution is 2.27. The quantitative estimate of drug-likeness (QED) is 0.461. The molecule has 0 amide bonds. The van der Waals surface area contributed by atoms with Gasteiger partial charge in [-0.1, -0.05) is 18.2 Å². The Morgan fingerprint density at radius 2 is 1.59 bits per heavy atom. The number of hydrogen-bond donors (Lipinski definition) is 2. The van der Waals surface area contributed by atoms with Gasteiger partial charge in [0.15, 0.2) is 17.5 Å². The second-order valence-electron chi connectivity index (χ2n) is 8.06. The molecule has 2 aromatic rings. The maximum Gasteiger partial charge on any atom is 0.191 e. The zero-order valence-electron chi connectivity index (χ0n) is 19.7. The van der Waals surface area contributed by atoms with Crippen LogP contribution in [0.3, 0.4) is 0 Å². The van der Waals surface area contributed by atoms with Crippen LogP contribution in [-0.2, 0) is 13.1 Å². The van der Waals surface area contributed by atoms with Gasteiger partial charge in [-0.25, -0.2) is 0 Å². The molecule has 7 nitrogen and oxygen atoms in total. The van der Waals surface area contributed by atoms with Crippen molar-refractivity contribution >= 4 is 5.96 Å². The number of nitrogens with one attached hydrogen (secondary N) is 2. The van der Waals surface area contributed by atoms with Crippen LogP contribution in [0, 0.1) is 5.92 Å². The Bertz CT molecular complexity index is 862. The Labute approximate surface area is 191 Å². The van der Waals surface area contributed by atoms with Crippen molar-refractivity contribution in [1.82, 2.24) is 15.5 Å². The molecule has 1 saturated heterocycles. The van der Waals surface area contributed by atoms with Crippen LogP contribution in [0.4, 0.5) is 0 Å². The average Bonchev–Trinajstić information content (AvgIpc) is 2.85. The van der Waals surface area contributed by atoms with Gasteiger partial charge >= 0.3 is 0 Å². The molecule has 1 heterocycles. The number of guanidine groups is 1. The van der Waals surface area contributed by atoms with E-state index in [1.807, 2.05) is 30.3 Å². The molecular weight excluding hydrogens is 404 g/mol. The number of rotatable bonds is 9. The summed E-state index contributed by atoms with van der Waals surface area (Å²) in [5, 5.41) is 6.87. The van der Waals surface area contributed by atoms with Crippen LogP contribution in [0.25, 0.3) is 0 Å². The number of likely N-dealkylation sites (tertiary alicyclic amines) is 1. The van der Waals surface area contributed by atoms with Crippen LogP contribution >= 0.6 is 0 Å². The number of aliphatic imine (C=N–C) groups is 1. The number of hydrogen-bond acceptors (Lipinski definition) is 5. The molecule has 7 heteroatoms. The van der Waals surface area contributed by atoms with Crippen molar-refractivity contribution in [2.45, 2.75) is 25.9 Å². The molecule has 2 aromatic carbocycles. The minimum Gasteiger partial charge on any atom is -0.497 e. The van der Waals surface area contributed by atoms with Crippen LogP contribution in [-0.4, -0.2) is 58.9 Å². The highest BCUT2D eigenvalue weighted by atomic mass is 16.5. The number of ether oxygens (including phenoxy) is 3. The van der Waals surface area contributed by atoms with Gasteiger partial charge in [0, 0.05) is 26.7 Å². The summed E-state index contributed by atoms with van der Waals surface area (Å²) < 4.78 is 15.9. The standard InChI is InChI=1S/C25H36N4O3/c1-26-25(28-17-21-7-10-23(31-3)24(15-21)32-4)27-16-19-11-13-29(14-12-19)18-20-5-8-22(30-2)9-6-20/h5-10,15,19H,11-14,16-18H2,1-4H3,(H2,26,27,28). The van der Waals surface area contributed by atoms with Crippen LogP contribution in [0.2, 0.25) is 0 Å². The highest BCUT2D eigenvalue weighted by Gasteiger charge is 2.19. The number of piperidine rings is 1. The van der Waals surface area contributed by atoms with E-state index in [9.17, 15) is 0 Å². The fourth-order valence-electron chi connectivity index (χ4n) is 3.98. The van der Waals surface area contributed by atoms with Crippen molar-refractivity contribution in [1.29, 1.82) is 0 Å². The first-order chi connectivity index (χ1) is 15.6. The summed E-state index contributed by atoms with van der Waals surface area (Å²) in [6.07, 6.45) is 2.38. The lowest BCUT2D eigenvalue weighted by atomic mass is 9.96. The lowest BCUT2D eigenvalue weighted by Gasteiger charge is -2.32. The normalized spacial score (nSPS) is 15.3. The Hall–Kier alpha value is -2.93. The molecular formula is C25H36N4O3. The van der Waals surface area contributed by atoms with Crippen molar-refractivity contribution in [2.75, 3.05) is 48.0 Å². The van der Waals surface area contributed by atoms with E-state index in [2.05, 4.69) is 32.7 Å². The fraction of sp³-hybridized carbons (Fsp3) is 0.480. The Morgan fingerprint density at radius 1 is 0.906 bits per heavy atom. The maximum absolute atomic E-state index is 5.39. The average molecular weight is 441 g/mol. The molecule has 1 aliphatic heterocycles. The minimum absolute atomic E-state index is 0.654. The third kappa shape index (κ3) is 6.79. The number of benzene rings is 2. The Kier molecular flexibility index (Phi) is 9.04. The van der Waals surface area contributed by atoms with Gasteiger partial charge in [-0.05, 0) is 67.2 Å². The molecule has 1 fully saturated rings. The summed E-state index contributed by atoms with van der Waals surface area (Å²) in [4.78, 5) is 6.90. The van der Waals surface area contributed by atoms with Gasteiger partial charge in [0.2, 0.25) is 0 Å². The molecule has 0 bridgehead atoms. The summed E-state index contributed by atoms with van der Waals surface area (Å²) >= 11 is 0. The summed E-state index contributed by atoms with van der Waals surface area (Å²) in [6.45, 7) is 4.84. The van der Waals surface area contributed by atoms with Gasteiger partial charge in [0.1, 0.15) is 5.75 Å². The Balaban J connectivity index is 1.39. The smallest absolute Gasteiger partial charge is 0.191 e. The van der Waals surface area contributed by atoms with Gasteiger partial charge in [0.05, 0.1) is 21.3 Å². The molecule has 0 unspecified atom stereocenters. The monoisotopic (exact) mass is 440 g/mol. The summed E-state index contributed by atoms with van der Waals surface area (Å²) in [5.74, 6) is 3.85. The first-order valence-corrected chi connectivity index (χ1v) is 11.2. The third-order valence-electron chi connectivity index (χ3n) is 5.96. The zero-order valence-corrected chi connectivity index (χ0v) is 19.7. The van der Waals surface area contributed by atoms with E-state index in [-0.39, 0.29) is 0 Å². The van der Waals surface area contributed by atoms with Gasteiger partial charge in [-0.2, -0.15) is 0 Å². The number of methoxy groups -OCH3 is 3. The molecule has 0 saturated carbocycles. The van der Waals surface area contributed by atoms with Gasteiger partial charge in [-0.15, -0.1) is 0 Å². The third-order valence-corrected chi connectivity index (χ3v) is 5.96. The second-order valence-corrected chi connectivity index (χ2v) is 8.06. The molecule has 0 aromatic heterocycles. The van der Waals surface area contributed by atoms with E-state index >= 15 is 0 Å². The van der Waals surface area contributed by atoms with E-state index in [1.165, 1.54) is 18.4 Å². The molecule has 0 radical (unpaired) electrons. The van der Waals surface area contributed by atoms with Crippen molar-refractivity contribution in [2.24, 2.45) is 10.9 Å². The van der Waals surface area contributed by atoms with Crippen molar-refractivity contribution in [3.8, 4) is 17.2 Å². The first kappa shape index (κ1) is 23.7. The van der Waals surface area contributed by atoms with Crippen LogP contribution < -0.4 is 24.8 Å². The zero-order chi connectivity index (χ0) is 22.8. The van der Waals surface area contributed by atoms with Gasteiger partial charge in [0.25, 0.3) is 0 Å². The topological polar surface area (TPSA) is 67.4 Å². The van der Waals surface area contributed by atoms with E-state index in [1.54, 1.807) is 28.4 Å². The fourth-order valence-corrected chi connectivity index (χ4v) is 3.98. The van der Waals surface area contributed by atoms with Crippen molar-refractivity contribution < 1.29 is 14.2 Å². The summed E-state index contributed by atoms with van der Waals surface area (Å²) in [7, 11) is 6.80. The second kappa shape index (κ2) is 12.2. The molecule has 0 atom stereocenters. The van der Waals surface area contributed by atoms with E-state index in [0.29, 0.717) is 12.5 Å². The lowest BCUT2D eigenvalue weighted by Crippen LogP contribution is -2.42. The molecule has 174 valence electrons. The first-order valence-electron chi connectivity index (χ1n) is 11.2. The van der Waals surface area contributed by atoms with Crippen molar-refractivity contribution in [3.63, 3.8) is 0 Å². The molecule has 0 spiro atoms. The van der Waals surface area contributed by atoms with Gasteiger partial charge in [-0.3, -0.25) is 9.89 Å². The molecule has 0 aliphatic carbocycles. The largest absolute Gasteiger partial charge is 0.497 e. The predicted molar refractivity (Wildman–Crippen MR) is 129 cm³/mol. The maximum atomic E-state index is 5.39.